The maximum absolute atomic E-state index is 13.3. The molecule has 0 spiro atoms. The molecule has 304 valence electrons. The van der Waals surface area contributed by atoms with E-state index in [-0.39, 0.29) is 31.7 Å². The first kappa shape index (κ1) is 45.3. The summed E-state index contributed by atoms with van der Waals surface area (Å²) in [4.78, 5) is 40.4. The van der Waals surface area contributed by atoms with Crippen LogP contribution in [0, 0.1) is 23.7 Å². The number of aliphatic hydroxyl groups excluding tert-OH is 3. The fraction of sp³-hybridized carbons (Fsp3) is 0.821. The molecule has 0 aromatic rings. The lowest BCUT2D eigenvalue weighted by molar-refractivity contribution is -0.342. The third-order valence-electron chi connectivity index (χ3n) is 11.1. The molecule has 0 radical (unpaired) electrons. The van der Waals surface area contributed by atoms with E-state index in [0.29, 0.717) is 12.0 Å². The third kappa shape index (κ3) is 11.7. The average Bonchev–Trinajstić information content (AvgIpc) is 3.07. The van der Waals surface area contributed by atoms with Gasteiger partial charge >= 0.3 is 5.97 Å². The Morgan fingerprint density at radius 1 is 1.04 bits per heavy atom. The first-order valence-corrected chi connectivity index (χ1v) is 18.9. The number of likely N-dealkylation sites (N-methyl/N-ethyl adjacent to an activating group) is 1. The second-order valence-electron chi connectivity index (χ2n) is 15.7. The molecule has 0 aliphatic carbocycles. The predicted octanol–water partition coefficient (Wildman–Crippen LogP) is 2.33. The van der Waals surface area contributed by atoms with Gasteiger partial charge in [-0.2, -0.15) is 0 Å². The molecule has 0 bridgehead atoms. The number of hydrogen-bond donors (Lipinski definition) is 4. The standard InChI is InChI=1S/C39H65NO13/c1-11-30-27(20-42)16-21(2)12-13-28(43)22(3)17-26(14-15-41)35(23(4)29(44)18-31(45)51-30)53-38-34(46)33(40(8)9)36(24(5)50-38)52-32-19-39(7,47)37(48-10)25(6)49-32/h12-13,15-16,22-27,29-30,32-38,42,44,46-47H,11,14,17-20H2,1-10H3/b13-12+,21-16+/t22-,23+,24+,25-,26+,27-,29-,30-,32+,33?,34?,35-,36?,37?,38+,39?/m1/s1. The summed E-state index contributed by atoms with van der Waals surface area (Å²) in [5, 5.41) is 44.6. The van der Waals surface area contributed by atoms with Gasteiger partial charge in [0.15, 0.2) is 18.4 Å². The SMILES string of the molecule is CC[C@H]1OC(=O)C[C@@H](O)[C@H](C)[C@@H](O[C@@H]2O[C@@H](C)C(O[C@H]3CC(C)(O)C(OC)[C@@H](C)O3)C(N(C)C)C2O)[C@@H](CC=O)C[C@@H](C)C(=O)/C=C/C(C)=C/[C@@H]1CO. The number of esters is 1. The number of carbonyl (C=O) groups is 3. The number of aldehydes is 1. The van der Waals surface area contributed by atoms with Gasteiger partial charge in [0, 0.05) is 37.7 Å². The molecule has 2 saturated heterocycles. The zero-order valence-electron chi connectivity index (χ0n) is 33.1. The van der Waals surface area contributed by atoms with Gasteiger partial charge in [0.05, 0.1) is 49.1 Å². The summed E-state index contributed by atoms with van der Waals surface area (Å²) in [5.74, 6) is -3.33. The molecule has 3 rings (SSSR count). The van der Waals surface area contributed by atoms with Crippen molar-refractivity contribution in [2.45, 2.75) is 154 Å². The van der Waals surface area contributed by atoms with Gasteiger partial charge in [0.2, 0.25) is 0 Å². The van der Waals surface area contributed by atoms with E-state index in [1.165, 1.54) is 13.2 Å². The van der Waals surface area contributed by atoms with Crippen LogP contribution in [0.15, 0.2) is 23.8 Å². The predicted molar refractivity (Wildman–Crippen MR) is 194 cm³/mol. The van der Waals surface area contributed by atoms with Crippen LogP contribution in [-0.4, -0.2) is 144 Å². The average molecular weight is 756 g/mol. The van der Waals surface area contributed by atoms with Crippen molar-refractivity contribution in [3.8, 4) is 0 Å². The highest BCUT2D eigenvalue weighted by Gasteiger charge is 2.51. The van der Waals surface area contributed by atoms with E-state index in [4.69, 9.17) is 28.4 Å². The van der Waals surface area contributed by atoms with Gasteiger partial charge in [0.1, 0.15) is 30.7 Å². The number of nitrogens with zero attached hydrogens (tertiary/aromatic N) is 1. The van der Waals surface area contributed by atoms with E-state index in [1.807, 2.05) is 6.92 Å². The Morgan fingerprint density at radius 3 is 2.28 bits per heavy atom. The summed E-state index contributed by atoms with van der Waals surface area (Å²) in [6, 6.07) is -0.689. The number of cyclic esters (lactones) is 1. The van der Waals surface area contributed by atoms with Crippen molar-refractivity contribution in [2.75, 3.05) is 27.8 Å². The summed E-state index contributed by atoms with van der Waals surface area (Å²) in [5.41, 5.74) is -0.536. The number of ketones is 1. The molecule has 3 aliphatic heterocycles. The maximum Gasteiger partial charge on any atom is 0.308 e. The molecular weight excluding hydrogens is 690 g/mol. The second-order valence-corrected chi connectivity index (χ2v) is 15.7. The number of ether oxygens (including phenoxy) is 6. The number of allylic oxidation sites excluding steroid dienone is 3. The number of rotatable bonds is 10. The summed E-state index contributed by atoms with van der Waals surface area (Å²) in [6.45, 7) is 12.0. The van der Waals surface area contributed by atoms with Gasteiger partial charge in [-0.15, -0.1) is 0 Å². The van der Waals surface area contributed by atoms with Gasteiger partial charge in [0.25, 0.3) is 0 Å². The molecular formula is C39H65NO13. The van der Waals surface area contributed by atoms with Crippen molar-refractivity contribution >= 4 is 18.0 Å². The van der Waals surface area contributed by atoms with Crippen LogP contribution in [0.2, 0.25) is 0 Å². The molecule has 14 heteroatoms. The largest absolute Gasteiger partial charge is 0.462 e. The molecule has 0 aromatic carbocycles. The van der Waals surface area contributed by atoms with E-state index in [9.17, 15) is 34.8 Å². The van der Waals surface area contributed by atoms with Crippen molar-refractivity contribution in [2.24, 2.45) is 23.7 Å². The van der Waals surface area contributed by atoms with Crippen LogP contribution in [0.25, 0.3) is 0 Å². The van der Waals surface area contributed by atoms with Crippen molar-refractivity contribution in [3.63, 3.8) is 0 Å². The molecule has 0 amide bonds. The minimum absolute atomic E-state index is 0.0245. The quantitative estimate of drug-likeness (QED) is 0.188. The van der Waals surface area contributed by atoms with E-state index in [1.54, 1.807) is 72.7 Å². The summed E-state index contributed by atoms with van der Waals surface area (Å²) in [6.07, 6.45) is -2.86. The highest BCUT2D eigenvalue weighted by molar-refractivity contribution is 5.91. The minimum Gasteiger partial charge on any atom is -0.462 e. The van der Waals surface area contributed by atoms with Crippen molar-refractivity contribution < 1.29 is 63.2 Å². The Kier molecular flexibility index (Phi) is 17.2. The Bertz CT molecular complexity index is 1260. The van der Waals surface area contributed by atoms with Crippen molar-refractivity contribution in [3.05, 3.63) is 23.8 Å². The van der Waals surface area contributed by atoms with E-state index >= 15 is 0 Å². The Labute approximate surface area is 314 Å². The fourth-order valence-corrected chi connectivity index (χ4v) is 8.12. The first-order chi connectivity index (χ1) is 24.9. The minimum atomic E-state index is -1.30. The van der Waals surface area contributed by atoms with Crippen LogP contribution < -0.4 is 0 Å². The number of hydrogen-bond acceptors (Lipinski definition) is 14. The van der Waals surface area contributed by atoms with Gasteiger partial charge in [-0.1, -0.05) is 38.5 Å². The zero-order chi connectivity index (χ0) is 39.8. The van der Waals surface area contributed by atoms with Crippen LogP contribution in [-0.2, 0) is 42.8 Å². The molecule has 2 fully saturated rings. The van der Waals surface area contributed by atoms with Crippen LogP contribution in [0.3, 0.4) is 0 Å². The molecule has 53 heavy (non-hydrogen) atoms. The fourth-order valence-electron chi connectivity index (χ4n) is 8.12. The molecule has 5 unspecified atom stereocenters. The summed E-state index contributed by atoms with van der Waals surface area (Å²) < 4.78 is 36.6. The summed E-state index contributed by atoms with van der Waals surface area (Å²) >= 11 is 0. The number of aliphatic hydroxyl groups is 4. The van der Waals surface area contributed by atoms with Gasteiger partial charge in [-0.05, 0) is 66.6 Å². The van der Waals surface area contributed by atoms with Crippen LogP contribution in [0.1, 0.15) is 80.6 Å². The molecule has 4 N–H and O–H groups in total. The first-order valence-electron chi connectivity index (χ1n) is 18.9. The lowest BCUT2D eigenvalue weighted by Gasteiger charge is -2.50. The smallest absolute Gasteiger partial charge is 0.308 e. The van der Waals surface area contributed by atoms with Crippen LogP contribution in [0.4, 0.5) is 0 Å². The monoisotopic (exact) mass is 755 g/mol. The lowest BCUT2D eigenvalue weighted by atomic mass is 9.79. The van der Waals surface area contributed by atoms with Crippen molar-refractivity contribution in [1.82, 2.24) is 4.90 Å². The Morgan fingerprint density at radius 2 is 1.72 bits per heavy atom. The van der Waals surface area contributed by atoms with Crippen LogP contribution >= 0.6 is 0 Å². The Balaban J connectivity index is 1.95. The number of methoxy groups -OCH3 is 1. The topological polar surface area (TPSA) is 191 Å². The van der Waals surface area contributed by atoms with Gasteiger partial charge < -0.3 is 58.5 Å². The lowest BCUT2D eigenvalue weighted by Crippen LogP contribution is -2.65. The normalized spacial score (nSPS) is 44.2. The van der Waals surface area contributed by atoms with E-state index in [2.05, 4.69) is 0 Å². The molecule has 3 heterocycles. The molecule has 3 aliphatic rings. The van der Waals surface area contributed by atoms with Crippen molar-refractivity contribution in [1.29, 1.82) is 0 Å². The highest BCUT2D eigenvalue weighted by Crippen LogP contribution is 2.37. The van der Waals surface area contributed by atoms with Crippen LogP contribution in [0.5, 0.6) is 0 Å². The second kappa shape index (κ2) is 20.2. The molecule has 14 nitrogen and oxygen atoms in total. The third-order valence-corrected chi connectivity index (χ3v) is 11.1. The van der Waals surface area contributed by atoms with Gasteiger partial charge in [-0.3, -0.25) is 9.59 Å². The summed E-state index contributed by atoms with van der Waals surface area (Å²) in [7, 11) is 5.07. The van der Waals surface area contributed by atoms with Gasteiger partial charge in [-0.25, -0.2) is 0 Å². The molecule has 0 aromatic heterocycles. The van der Waals surface area contributed by atoms with E-state index < -0.39 is 109 Å². The van der Waals surface area contributed by atoms with E-state index in [0.717, 1.165) is 6.29 Å². The molecule has 16 atom stereocenters. The highest BCUT2D eigenvalue weighted by atomic mass is 16.7. The maximum atomic E-state index is 13.3. The number of carbonyl (C=O) groups excluding carboxylic acids is 3. The Hall–Kier alpha value is -2.11. The molecule has 0 saturated carbocycles. The zero-order valence-corrected chi connectivity index (χ0v) is 33.1.